The monoisotopic (exact) mass is 489 g/mol. The molecule has 8 nitrogen and oxygen atoms in total. The van der Waals surface area contributed by atoms with Crippen molar-refractivity contribution in [3.8, 4) is 0 Å². The Morgan fingerprint density at radius 3 is 2.51 bits per heavy atom. The van der Waals surface area contributed by atoms with Gasteiger partial charge in [-0.2, -0.15) is 5.10 Å². The number of halogens is 3. The Kier molecular flexibility index (Phi) is 6.20. The number of amides is 1. The van der Waals surface area contributed by atoms with Crippen molar-refractivity contribution in [2.45, 2.75) is 45.2 Å². The number of fused-ring (bicyclic) bond motifs is 1. The highest BCUT2D eigenvalue weighted by molar-refractivity contribution is 5.90. The molecule has 0 radical (unpaired) electrons. The van der Waals surface area contributed by atoms with Crippen LogP contribution in [-0.4, -0.2) is 38.2 Å². The second kappa shape index (κ2) is 8.86. The zero-order valence-corrected chi connectivity index (χ0v) is 19.8. The van der Waals surface area contributed by atoms with Crippen molar-refractivity contribution in [3.63, 3.8) is 0 Å². The Hall–Kier alpha value is -3.63. The smallest absolute Gasteiger partial charge is 0.274 e. The number of hydrogen-bond acceptors (Lipinski definition) is 5. The molecule has 3 heterocycles. The Balaban J connectivity index is 1.82. The summed E-state index contributed by atoms with van der Waals surface area (Å²) in [5.41, 5.74) is -2.27. The number of carbonyl (C=O) groups is 1. The minimum Gasteiger partial charge on any atom is -0.361 e. The van der Waals surface area contributed by atoms with Gasteiger partial charge in [-0.1, -0.05) is 18.2 Å². The fourth-order valence-corrected chi connectivity index (χ4v) is 4.62. The summed E-state index contributed by atoms with van der Waals surface area (Å²) in [5.74, 6) is -0.922. The third-order valence-corrected chi connectivity index (χ3v) is 6.68. The molecular weight excluding hydrogens is 463 g/mol. The van der Waals surface area contributed by atoms with Crippen LogP contribution in [0.15, 0.2) is 40.1 Å². The molecule has 1 aromatic carbocycles. The van der Waals surface area contributed by atoms with E-state index in [4.69, 9.17) is 0 Å². The van der Waals surface area contributed by atoms with E-state index in [-0.39, 0.29) is 22.7 Å². The minimum absolute atomic E-state index is 0.0137. The topological polar surface area (TPSA) is 89.2 Å². The summed E-state index contributed by atoms with van der Waals surface area (Å²) in [6, 6.07) is 4.23. The lowest BCUT2D eigenvalue weighted by atomic mass is 10.0. The lowest BCUT2D eigenvalue weighted by molar-refractivity contribution is -0.128. The first-order valence-corrected chi connectivity index (χ1v) is 11.2. The van der Waals surface area contributed by atoms with E-state index in [1.165, 1.54) is 42.9 Å². The van der Waals surface area contributed by atoms with Crippen molar-refractivity contribution in [1.29, 1.82) is 0 Å². The number of hydrogen-bond donors (Lipinski definition) is 1. The highest BCUT2D eigenvalue weighted by atomic mass is 19.3. The number of carbonyl (C=O) groups excluding carboxylic acids is 1. The van der Waals surface area contributed by atoms with Gasteiger partial charge >= 0.3 is 0 Å². The molecule has 1 N–H and O–H groups in total. The van der Waals surface area contributed by atoms with Crippen LogP contribution in [0.3, 0.4) is 0 Å². The van der Waals surface area contributed by atoms with Gasteiger partial charge in [-0.25, -0.2) is 17.9 Å². The minimum atomic E-state index is -2.96. The van der Waals surface area contributed by atoms with Crippen LogP contribution in [0.5, 0.6) is 0 Å². The van der Waals surface area contributed by atoms with E-state index in [1.807, 2.05) is 6.92 Å². The molecule has 0 spiro atoms. The summed E-state index contributed by atoms with van der Waals surface area (Å²) in [7, 11) is 1.42. The van der Waals surface area contributed by atoms with E-state index in [0.29, 0.717) is 24.9 Å². The Labute approximate surface area is 199 Å². The lowest BCUT2D eigenvalue weighted by Crippen LogP contribution is -2.41. The summed E-state index contributed by atoms with van der Waals surface area (Å²) in [5, 5.41) is 7.72. The van der Waals surface area contributed by atoms with E-state index in [9.17, 15) is 27.6 Å². The number of aryl methyl sites for hydroxylation is 1. The van der Waals surface area contributed by atoms with Crippen LogP contribution in [0.1, 0.15) is 50.8 Å². The fraction of sp³-hybridized carbons (Fsp3) is 0.417. The van der Waals surface area contributed by atoms with Gasteiger partial charge in [-0.3, -0.25) is 14.4 Å². The van der Waals surface area contributed by atoms with Crippen molar-refractivity contribution >= 4 is 22.5 Å². The number of likely N-dealkylation sites (tertiary alicyclic amines) is 1. The van der Waals surface area contributed by atoms with Crippen molar-refractivity contribution in [3.05, 3.63) is 68.1 Å². The lowest BCUT2D eigenvalue weighted by Gasteiger charge is -2.28. The first kappa shape index (κ1) is 24.5. The molecule has 0 aliphatic carbocycles. The molecule has 3 aromatic rings. The third-order valence-electron chi connectivity index (χ3n) is 6.68. The molecule has 1 fully saturated rings. The van der Waals surface area contributed by atoms with Crippen LogP contribution in [-0.2, 0) is 17.4 Å². The number of pyridine rings is 1. The predicted molar refractivity (Wildman–Crippen MR) is 125 cm³/mol. The second-order valence-corrected chi connectivity index (χ2v) is 9.19. The summed E-state index contributed by atoms with van der Waals surface area (Å²) in [6.45, 7) is 5.74. The predicted octanol–water partition coefficient (Wildman–Crippen LogP) is 3.31. The molecule has 11 heteroatoms. The van der Waals surface area contributed by atoms with E-state index < -0.39 is 40.5 Å². The number of alkyl halides is 2. The molecule has 4 rings (SSSR count). The van der Waals surface area contributed by atoms with Crippen molar-refractivity contribution < 1.29 is 18.0 Å². The van der Waals surface area contributed by atoms with Gasteiger partial charge in [0.2, 0.25) is 5.91 Å². The van der Waals surface area contributed by atoms with E-state index >= 15 is 0 Å². The first-order chi connectivity index (χ1) is 16.4. The van der Waals surface area contributed by atoms with Crippen molar-refractivity contribution in [2.75, 3.05) is 18.4 Å². The Bertz CT molecular complexity index is 1430. The van der Waals surface area contributed by atoms with Crippen LogP contribution < -0.4 is 16.4 Å². The van der Waals surface area contributed by atoms with Gasteiger partial charge in [0.1, 0.15) is 5.82 Å². The zero-order valence-electron chi connectivity index (χ0n) is 19.8. The molecular formula is C24H26F3N5O3. The fourth-order valence-electron chi connectivity index (χ4n) is 4.62. The van der Waals surface area contributed by atoms with E-state index in [0.717, 1.165) is 10.7 Å². The average molecular weight is 489 g/mol. The Morgan fingerprint density at radius 2 is 1.89 bits per heavy atom. The van der Waals surface area contributed by atoms with Crippen LogP contribution in [0, 0.1) is 5.82 Å². The average Bonchev–Trinajstić information content (AvgIpc) is 3.20. The largest absolute Gasteiger partial charge is 0.361 e. The van der Waals surface area contributed by atoms with Gasteiger partial charge in [0, 0.05) is 50.3 Å². The van der Waals surface area contributed by atoms with Gasteiger partial charge in [0.15, 0.2) is 5.82 Å². The van der Waals surface area contributed by atoms with E-state index in [1.54, 1.807) is 11.8 Å². The Morgan fingerprint density at radius 1 is 1.20 bits per heavy atom. The molecule has 186 valence electrons. The number of rotatable bonds is 5. The maximum atomic E-state index is 14.7. The molecule has 0 saturated carbocycles. The molecule has 2 atom stereocenters. The second-order valence-electron chi connectivity index (χ2n) is 9.19. The third kappa shape index (κ3) is 4.30. The first-order valence-electron chi connectivity index (χ1n) is 11.2. The summed E-state index contributed by atoms with van der Waals surface area (Å²) >= 11 is 0. The molecule has 1 amide bonds. The van der Waals surface area contributed by atoms with Crippen LogP contribution >= 0.6 is 0 Å². The molecule has 1 saturated heterocycles. The molecule has 0 bridgehead atoms. The number of nitrogens with one attached hydrogen (secondary N) is 1. The zero-order chi connectivity index (χ0) is 25.7. The number of anilines is 1. The van der Waals surface area contributed by atoms with Gasteiger partial charge < -0.3 is 14.8 Å². The summed E-state index contributed by atoms with van der Waals surface area (Å²) in [4.78, 5) is 39.3. The molecule has 1 aliphatic heterocycles. The van der Waals surface area contributed by atoms with Crippen molar-refractivity contribution in [1.82, 2.24) is 19.2 Å². The molecule has 2 aromatic heterocycles. The molecule has 1 aliphatic rings. The van der Waals surface area contributed by atoms with Crippen LogP contribution in [0.25, 0.3) is 10.8 Å². The maximum absolute atomic E-state index is 14.7. The summed E-state index contributed by atoms with van der Waals surface area (Å²) in [6.07, 6.45) is -0.896. The van der Waals surface area contributed by atoms with Gasteiger partial charge in [0.05, 0.1) is 22.5 Å². The normalized spacial score (nSPS) is 18.9. The maximum Gasteiger partial charge on any atom is 0.274 e. The van der Waals surface area contributed by atoms with Crippen LogP contribution in [0.4, 0.5) is 19.0 Å². The standard InChI is InChI=1S/C24H26F3N5O3/c1-13(15-6-5-7-16(20(15)25)21(26)27)28-22-18-11-32(24(3)8-9-31(12-24)14(2)33)19(34)10-17(18)23(35)30(4)29-22/h5-7,10-11,13,21H,8-9,12H2,1-4H3,(H,28,29)/t13-,24?/m1/s1. The molecule has 35 heavy (non-hydrogen) atoms. The van der Waals surface area contributed by atoms with Gasteiger partial charge in [-0.05, 0) is 20.3 Å². The number of nitrogens with zero attached hydrogens (tertiary/aromatic N) is 4. The van der Waals surface area contributed by atoms with Gasteiger partial charge in [0.25, 0.3) is 17.5 Å². The highest BCUT2D eigenvalue weighted by Gasteiger charge is 2.37. The van der Waals surface area contributed by atoms with E-state index in [2.05, 4.69) is 10.4 Å². The highest BCUT2D eigenvalue weighted by Crippen LogP contribution is 2.32. The van der Waals surface area contributed by atoms with Gasteiger partial charge in [-0.15, -0.1) is 0 Å². The number of aromatic nitrogens is 3. The summed E-state index contributed by atoms with van der Waals surface area (Å²) < 4.78 is 43.6. The molecule has 1 unspecified atom stereocenters. The SMILES string of the molecule is CC(=O)N1CCC(C)(n2cc3c(N[C@H](C)c4cccc(C(F)F)c4F)nn(C)c(=O)c3cc2=O)C1. The quantitative estimate of drug-likeness (QED) is 0.594. The van der Waals surface area contributed by atoms with Crippen molar-refractivity contribution in [2.24, 2.45) is 7.05 Å². The van der Waals surface area contributed by atoms with Crippen LogP contribution in [0.2, 0.25) is 0 Å². The number of benzene rings is 1.